The Morgan fingerprint density at radius 1 is 1.16 bits per heavy atom. The van der Waals surface area contributed by atoms with Crippen molar-refractivity contribution in [2.75, 3.05) is 13.1 Å². The highest BCUT2D eigenvalue weighted by molar-refractivity contribution is 7.89. The number of nitrogens with zero attached hydrogens (tertiary/aromatic N) is 2. The molecule has 174 valence electrons. The topological polar surface area (TPSA) is 151 Å². The van der Waals surface area contributed by atoms with E-state index in [9.17, 15) is 27.6 Å². The third kappa shape index (κ3) is 3.47. The molecule has 2 unspecified atom stereocenters. The molecule has 3 fully saturated rings. The first-order valence-electron chi connectivity index (χ1n) is 11.0. The Labute approximate surface area is 186 Å². The van der Waals surface area contributed by atoms with Crippen molar-refractivity contribution in [2.24, 2.45) is 11.7 Å². The van der Waals surface area contributed by atoms with E-state index < -0.39 is 50.3 Å². The van der Waals surface area contributed by atoms with E-state index in [0.717, 1.165) is 36.1 Å². The van der Waals surface area contributed by atoms with Crippen molar-refractivity contribution in [1.82, 2.24) is 14.2 Å². The monoisotopic (exact) mass is 464 g/mol. The minimum absolute atomic E-state index is 0.0556. The standard InChI is InChI=1S/C21H28N4O6S/c22-20(29)21-16(10-12-24(21)18(27)9-8-14-5-2-1-3-6-14)25(13-17(21)26)32(30,31)15-7-4-11-23-19(15)28/h4,7,11,14,16H,1-3,5-6,8-10,12-13H2,(H2,22,29)(H,23,28). The van der Waals surface area contributed by atoms with Gasteiger partial charge in [-0.25, -0.2) is 8.42 Å². The number of nitrogens with one attached hydrogen (secondary N) is 1. The Hall–Kier alpha value is -2.53. The van der Waals surface area contributed by atoms with Gasteiger partial charge in [0, 0.05) is 19.2 Å². The summed E-state index contributed by atoms with van der Waals surface area (Å²) < 4.78 is 27.3. The highest BCUT2D eigenvalue weighted by atomic mass is 32.2. The molecule has 2 atom stereocenters. The first-order valence-corrected chi connectivity index (χ1v) is 12.5. The Morgan fingerprint density at radius 2 is 1.88 bits per heavy atom. The molecular formula is C21H28N4O6S. The van der Waals surface area contributed by atoms with E-state index in [4.69, 9.17) is 5.73 Å². The average molecular weight is 465 g/mol. The van der Waals surface area contributed by atoms with Crippen molar-refractivity contribution in [2.45, 2.75) is 67.8 Å². The minimum Gasteiger partial charge on any atom is -0.367 e. The van der Waals surface area contributed by atoms with Crippen molar-refractivity contribution in [1.29, 1.82) is 0 Å². The second kappa shape index (κ2) is 8.43. The van der Waals surface area contributed by atoms with Crippen molar-refractivity contribution in [3.8, 4) is 0 Å². The summed E-state index contributed by atoms with van der Waals surface area (Å²) in [6, 6.07) is 1.38. The van der Waals surface area contributed by atoms with E-state index in [2.05, 4.69) is 4.98 Å². The van der Waals surface area contributed by atoms with Crippen LogP contribution in [-0.4, -0.2) is 64.9 Å². The second-order valence-corrected chi connectivity index (χ2v) is 10.7. The number of sulfonamides is 1. The molecule has 0 radical (unpaired) electrons. The lowest BCUT2D eigenvalue weighted by atomic mass is 9.85. The predicted octanol–water partition coefficient (Wildman–Crippen LogP) is 0.134. The molecule has 2 amide bonds. The van der Waals surface area contributed by atoms with Crippen LogP contribution in [0.15, 0.2) is 28.0 Å². The van der Waals surface area contributed by atoms with E-state index in [1.54, 1.807) is 0 Å². The fourth-order valence-corrected chi connectivity index (χ4v) is 7.24. The summed E-state index contributed by atoms with van der Waals surface area (Å²) in [5, 5.41) is 0. The number of hydrogen-bond acceptors (Lipinski definition) is 6. The van der Waals surface area contributed by atoms with Crippen molar-refractivity contribution < 1.29 is 22.8 Å². The van der Waals surface area contributed by atoms with Crippen LogP contribution >= 0.6 is 0 Å². The molecule has 2 saturated heterocycles. The smallest absolute Gasteiger partial charge is 0.268 e. The van der Waals surface area contributed by atoms with Crippen LogP contribution in [0, 0.1) is 5.92 Å². The third-order valence-corrected chi connectivity index (χ3v) is 9.02. The second-order valence-electron chi connectivity index (χ2n) is 8.86. The molecule has 1 saturated carbocycles. The molecule has 3 N–H and O–H groups in total. The molecule has 10 nitrogen and oxygen atoms in total. The molecule has 1 aliphatic carbocycles. The fourth-order valence-electron chi connectivity index (χ4n) is 5.56. The number of amides is 2. The van der Waals surface area contributed by atoms with Gasteiger partial charge in [-0.05, 0) is 30.9 Å². The van der Waals surface area contributed by atoms with Crippen LogP contribution in [0.4, 0.5) is 0 Å². The Morgan fingerprint density at radius 3 is 2.53 bits per heavy atom. The first kappa shape index (κ1) is 22.7. The fraction of sp³-hybridized carbons (Fsp3) is 0.619. The molecule has 3 aliphatic rings. The van der Waals surface area contributed by atoms with Gasteiger partial charge in [0.2, 0.25) is 15.9 Å². The van der Waals surface area contributed by atoms with E-state index in [1.807, 2.05) is 0 Å². The van der Waals surface area contributed by atoms with E-state index >= 15 is 0 Å². The van der Waals surface area contributed by atoms with Crippen LogP contribution in [0.25, 0.3) is 0 Å². The largest absolute Gasteiger partial charge is 0.367 e. The zero-order chi connectivity index (χ0) is 23.1. The summed E-state index contributed by atoms with van der Waals surface area (Å²) in [7, 11) is -4.38. The highest BCUT2D eigenvalue weighted by Gasteiger charge is 2.68. The van der Waals surface area contributed by atoms with Crippen LogP contribution in [0.5, 0.6) is 0 Å². The highest BCUT2D eigenvalue weighted by Crippen LogP contribution is 2.42. The Kier molecular flexibility index (Phi) is 5.97. The van der Waals surface area contributed by atoms with Gasteiger partial charge in [-0.2, -0.15) is 4.31 Å². The number of likely N-dealkylation sites (tertiary alicyclic amines) is 1. The van der Waals surface area contributed by atoms with Crippen LogP contribution in [-0.2, 0) is 24.4 Å². The molecule has 2 aliphatic heterocycles. The number of hydrogen-bond donors (Lipinski definition) is 2. The van der Waals surface area contributed by atoms with Crippen molar-refractivity contribution in [3.63, 3.8) is 0 Å². The molecule has 1 aromatic heterocycles. The normalized spacial score (nSPS) is 26.9. The summed E-state index contributed by atoms with van der Waals surface area (Å²) in [6.07, 6.45) is 7.85. The number of rotatable bonds is 6. The van der Waals surface area contributed by atoms with Gasteiger partial charge in [-0.15, -0.1) is 0 Å². The number of ketones is 1. The van der Waals surface area contributed by atoms with E-state index in [0.29, 0.717) is 12.3 Å². The van der Waals surface area contributed by atoms with Gasteiger partial charge < -0.3 is 15.6 Å². The maximum absolute atomic E-state index is 13.2. The quantitative estimate of drug-likeness (QED) is 0.571. The SMILES string of the molecule is NC(=O)C12C(=O)CN(S(=O)(=O)c3ccc[nH]c3=O)C1CCN2C(=O)CCC1CCCCC1. The number of primary amides is 1. The third-order valence-electron chi connectivity index (χ3n) is 7.14. The number of pyridine rings is 1. The lowest BCUT2D eigenvalue weighted by molar-refractivity contribution is -0.149. The number of carbonyl (C=O) groups is 3. The van der Waals surface area contributed by atoms with Crippen LogP contribution < -0.4 is 11.3 Å². The minimum atomic E-state index is -4.38. The summed E-state index contributed by atoms with van der Waals surface area (Å²) >= 11 is 0. The van der Waals surface area contributed by atoms with Gasteiger partial charge in [0.25, 0.3) is 11.5 Å². The lowest BCUT2D eigenvalue weighted by Crippen LogP contribution is -2.64. The van der Waals surface area contributed by atoms with Gasteiger partial charge in [0.1, 0.15) is 4.90 Å². The molecule has 0 spiro atoms. The van der Waals surface area contributed by atoms with Gasteiger partial charge in [0.05, 0.1) is 12.6 Å². The predicted molar refractivity (Wildman–Crippen MR) is 114 cm³/mol. The summed E-state index contributed by atoms with van der Waals surface area (Å²) in [4.78, 5) is 54.0. The number of aromatic amines is 1. The van der Waals surface area contributed by atoms with Crippen molar-refractivity contribution >= 4 is 27.6 Å². The molecule has 1 aromatic rings. The number of fused-ring (bicyclic) bond motifs is 1. The summed E-state index contributed by atoms with van der Waals surface area (Å²) in [5.41, 5.74) is 2.81. The number of H-pyrrole nitrogens is 1. The molecule has 4 rings (SSSR count). The van der Waals surface area contributed by atoms with Crippen LogP contribution in [0.2, 0.25) is 0 Å². The van der Waals surface area contributed by atoms with Crippen molar-refractivity contribution in [3.05, 3.63) is 28.7 Å². The van der Waals surface area contributed by atoms with E-state index in [-0.39, 0.29) is 25.3 Å². The molecule has 11 heteroatoms. The first-order chi connectivity index (χ1) is 15.2. The molecule has 3 heterocycles. The average Bonchev–Trinajstić information content (AvgIpc) is 3.30. The number of aromatic nitrogens is 1. The van der Waals surface area contributed by atoms with Gasteiger partial charge >= 0.3 is 0 Å². The van der Waals surface area contributed by atoms with Gasteiger partial charge in [-0.1, -0.05) is 32.1 Å². The zero-order valence-corrected chi connectivity index (χ0v) is 18.6. The van der Waals surface area contributed by atoms with E-state index in [1.165, 1.54) is 23.6 Å². The van der Waals surface area contributed by atoms with Crippen LogP contribution in [0.3, 0.4) is 0 Å². The lowest BCUT2D eigenvalue weighted by Gasteiger charge is -2.35. The summed E-state index contributed by atoms with van der Waals surface area (Å²) in [5.74, 6) is -1.68. The molecule has 0 bridgehead atoms. The maximum atomic E-state index is 13.2. The molecule has 32 heavy (non-hydrogen) atoms. The van der Waals surface area contributed by atoms with Crippen LogP contribution in [0.1, 0.15) is 51.4 Å². The number of Topliss-reactive ketones (excluding diaryl/α,β-unsaturated/α-hetero) is 1. The Bertz CT molecular complexity index is 1090. The van der Waals surface area contributed by atoms with Gasteiger partial charge in [-0.3, -0.25) is 19.2 Å². The maximum Gasteiger partial charge on any atom is 0.268 e. The molecular weight excluding hydrogens is 436 g/mol. The zero-order valence-electron chi connectivity index (χ0n) is 17.8. The number of carbonyl (C=O) groups excluding carboxylic acids is 3. The van der Waals surface area contributed by atoms with Gasteiger partial charge in [0.15, 0.2) is 11.3 Å². The molecule has 0 aromatic carbocycles. The number of nitrogens with two attached hydrogens (primary N) is 1. The summed E-state index contributed by atoms with van der Waals surface area (Å²) in [6.45, 7) is -0.559. The Balaban J connectivity index is 1.62.